The topological polar surface area (TPSA) is 43.8 Å². The molecule has 0 saturated carbocycles. The maximum absolute atomic E-state index is 5.98. The number of hydrogen-bond acceptors (Lipinski definition) is 2. The zero-order valence-electron chi connectivity index (χ0n) is 12.4. The van der Waals surface area contributed by atoms with Crippen molar-refractivity contribution in [2.45, 2.75) is 12.8 Å². The first kappa shape index (κ1) is 13.8. The van der Waals surface area contributed by atoms with Crippen LogP contribution < -0.4 is 5.73 Å². The van der Waals surface area contributed by atoms with Crippen molar-refractivity contribution in [3.05, 3.63) is 65.9 Å². The number of nitrogens with zero attached hydrogens (tertiary/aromatic N) is 2. The molecule has 0 radical (unpaired) electrons. The van der Waals surface area contributed by atoms with Gasteiger partial charge in [-0.25, -0.2) is 0 Å². The minimum Gasteiger partial charge on any atom is -0.330 e. The highest BCUT2D eigenvalue weighted by molar-refractivity contribution is 5.81. The lowest BCUT2D eigenvalue weighted by Gasteiger charge is -2.13. The van der Waals surface area contributed by atoms with Gasteiger partial charge in [-0.05, 0) is 36.9 Å². The van der Waals surface area contributed by atoms with E-state index < -0.39 is 0 Å². The van der Waals surface area contributed by atoms with Gasteiger partial charge in [0.1, 0.15) is 0 Å². The number of aryl methyl sites for hydroxylation is 1. The van der Waals surface area contributed by atoms with Crippen LogP contribution in [0.5, 0.6) is 0 Å². The summed E-state index contributed by atoms with van der Waals surface area (Å²) in [6.45, 7) is 0.680. The highest BCUT2D eigenvalue weighted by Gasteiger charge is 2.14. The monoisotopic (exact) mass is 279 g/mol. The number of para-hydroxylation sites is 1. The fourth-order valence-corrected chi connectivity index (χ4v) is 2.90. The molecule has 0 aliphatic heterocycles. The van der Waals surface area contributed by atoms with Gasteiger partial charge in [0.05, 0.1) is 11.2 Å². The summed E-state index contributed by atoms with van der Waals surface area (Å²) in [7, 11) is 2.00. The molecule has 0 aliphatic rings. The van der Waals surface area contributed by atoms with Crippen LogP contribution in [0.3, 0.4) is 0 Å². The zero-order chi connectivity index (χ0) is 14.7. The fourth-order valence-electron chi connectivity index (χ4n) is 2.90. The molecule has 0 aliphatic carbocycles. The Labute approximate surface area is 125 Å². The molecular formula is C18H21N3. The minimum atomic E-state index is 0.422. The van der Waals surface area contributed by atoms with E-state index in [4.69, 9.17) is 5.73 Å². The van der Waals surface area contributed by atoms with E-state index in [1.54, 1.807) is 0 Å². The molecule has 1 aromatic heterocycles. The Balaban J connectivity index is 1.83. The third kappa shape index (κ3) is 2.98. The van der Waals surface area contributed by atoms with E-state index in [-0.39, 0.29) is 0 Å². The predicted octanol–water partition coefficient (Wildman–Crippen LogP) is 2.93. The summed E-state index contributed by atoms with van der Waals surface area (Å²) in [4.78, 5) is 0. The van der Waals surface area contributed by atoms with Crippen LogP contribution in [0.15, 0.2) is 54.6 Å². The lowest BCUT2D eigenvalue weighted by Crippen LogP contribution is -2.19. The Hall–Kier alpha value is -2.13. The molecule has 21 heavy (non-hydrogen) atoms. The van der Waals surface area contributed by atoms with Gasteiger partial charge in [0.25, 0.3) is 0 Å². The highest BCUT2D eigenvalue weighted by Crippen LogP contribution is 2.21. The van der Waals surface area contributed by atoms with Crippen molar-refractivity contribution in [3.63, 3.8) is 0 Å². The SMILES string of the molecule is Cn1nc(CC(CN)Cc2ccccc2)c2ccccc21. The molecular weight excluding hydrogens is 258 g/mol. The van der Waals surface area contributed by atoms with Crippen LogP contribution in [0.4, 0.5) is 0 Å². The van der Waals surface area contributed by atoms with Gasteiger partial charge in [0.2, 0.25) is 0 Å². The lowest BCUT2D eigenvalue weighted by atomic mass is 9.94. The van der Waals surface area contributed by atoms with Crippen molar-refractivity contribution in [3.8, 4) is 0 Å². The Bertz CT molecular complexity index is 716. The van der Waals surface area contributed by atoms with E-state index in [2.05, 4.69) is 53.6 Å². The van der Waals surface area contributed by atoms with E-state index in [0.29, 0.717) is 12.5 Å². The molecule has 0 fully saturated rings. The molecule has 1 atom stereocenters. The number of hydrogen-bond donors (Lipinski definition) is 1. The van der Waals surface area contributed by atoms with Crippen LogP contribution in [-0.4, -0.2) is 16.3 Å². The summed E-state index contributed by atoms with van der Waals surface area (Å²) < 4.78 is 1.96. The predicted molar refractivity (Wildman–Crippen MR) is 87.1 cm³/mol. The van der Waals surface area contributed by atoms with E-state index >= 15 is 0 Å². The Morgan fingerprint density at radius 2 is 1.71 bits per heavy atom. The fraction of sp³-hybridized carbons (Fsp3) is 0.278. The summed E-state index contributed by atoms with van der Waals surface area (Å²) in [6, 6.07) is 18.9. The molecule has 0 bridgehead atoms. The van der Waals surface area contributed by atoms with Crippen LogP contribution in [0.25, 0.3) is 10.9 Å². The van der Waals surface area contributed by atoms with E-state index in [0.717, 1.165) is 18.5 Å². The number of rotatable bonds is 5. The summed E-state index contributed by atoms with van der Waals surface area (Å²) >= 11 is 0. The molecule has 3 heteroatoms. The third-order valence-corrected chi connectivity index (χ3v) is 4.02. The van der Waals surface area contributed by atoms with Crippen molar-refractivity contribution >= 4 is 10.9 Å². The first-order chi connectivity index (χ1) is 10.3. The maximum Gasteiger partial charge on any atom is 0.0706 e. The number of nitrogens with two attached hydrogens (primary N) is 1. The summed E-state index contributed by atoms with van der Waals surface area (Å²) in [5.41, 5.74) is 9.66. The van der Waals surface area contributed by atoms with Gasteiger partial charge in [0, 0.05) is 12.4 Å². The van der Waals surface area contributed by atoms with Crippen molar-refractivity contribution in [2.75, 3.05) is 6.54 Å². The van der Waals surface area contributed by atoms with E-state index in [1.165, 1.54) is 16.5 Å². The minimum absolute atomic E-state index is 0.422. The van der Waals surface area contributed by atoms with Crippen molar-refractivity contribution in [1.29, 1.82) is 0 Å². The summed E-state index contributed by atoms with van der Waals surface area (Å²) in [5.74, 6) is 0.422. The molecule has 2 N–H and O–H groups in total. The third-order valence-electron chi connectivity index (χ3n) is 4.02. The van der Waals surface area contributed by atoms with Gasteiger partial charge in [-0.1, -0.05) is 48.5 Å². The molecule has 0 spiro atoms. The van der Waals surface area contributed by atoms with E-state index in [9.17, 15) is 0 Å². The Morgan fingerprint density at radius 1 is 1.00 bits per heavy atom. The zero-order valence-corrected chi connectivity index (χ0v) is 12.4. The number of fused-ring (bicyclic) bond motifs is 1. The second-order valence-corrected chi connectivity index (χ2v) is 5.58. The number of aromatic nitrogens is 2. The molecule has 3 nitrogen and oxygen atoms in total. The highest BCUT2D eigenvalue weighted by atomic mass is 15.3. The molecule has 0 amide bonds. The van der Waals surface area contributed by atoms with E-state index in [1.807, 2.05) is 17.8 Å². The normalized spacial score (nSPS) is 12.7. The Kier molecular flexibility index (Phi) is 4.02. The number of benzene rings is 2. The molecule has 108 valence electrons. The van der Waals surface area contributed by atoms with Crippen molar-refractivity contribution in [2.24, 2.45) is 18.7 Å². The Morgan fingerprint density at radius 3 is 2.48 bits per heavy atom. The first-order valence-corrected chi connectivity index (χ1v) is 7.42. The first-order valence-electron chi connectivity index (χ1n) is 7.42. The van der Waals surface area contributed by atoms with Crippen LogP contribution in [-0.2, 0) is 19.9 Å². The molecule has 2 aromatic carbocycles. The van der Waals surface area contributed by atoms with Crippen LogP contribution in [0.1, 0.15) is 11.3 Å². The van der Waals surface area contributed by atoms with Crippen molar-refractivity contribution < 1.29 is 0 Å². The van der Waals surface area contributed by atoms with Gasteiger partial charge in [-0.15, -0.1) is 0 Å². The maximum atomic E-state index is 5.98. The lowest BCUT2D eigenvalue weighted by molar-refractivity contribution is 0.524. The van der Waals surface area contributed by atoms with Crippen LogP contribution >= 0.6 is 0 Å². The van der Waals surface area contributed by atoms with Gasteiger partial charge >= 0.3 is 0 Å². The standard InChI is InChI=1S/C18H21N3/c1-21-18-10-6-5-9-16(18)17(20-21)12-15(13-19)11-14-7-3-2-4-8-14/h2-10,15H,11-13,19H2,1H3. The average molecular weight is 279 g/mol. The molecule has 3 rings (SSSR count). The molecule has 0 saturated heterocycles. The summed E-state index contributed by atoms with van der Waals surface area (Å²) in [6.07, 6.45) is 1.93. The van der Waals surface area contributed by atoms with Gasteiger partial charge in [0.15, 0.2) is 0 Å². The molecule has 3 aromatic rings. The molecule has 1 heterocycles. The summed E-state index contributed by atoms with van der Waals surface area (Å²) in [5, 5.41) is 5.92. The molecule has 1 unspecified atom stereocenters. The van der Waals surface area contributed by atoms with Gasteiger partial charge in [-0.2, -0.15) is 5.10 Å². The average Bonchev–Trinajstić information content (AvgIpc) is 2.84. The quantitative estimate of drug-likeness (QED) is 0.780. The second-order valence-electron chi connectivity index (χ2n) is 5.58. The van der Waals surface area contributed by atoms with Crippen molar-refractivity contribution in [1.82, 2.24) is 9.78 Å². The smallest absolute Gasteiger partial charge is 0.0706 e. The second kappa shape index (κ2) is 6.10. The van der Waals surface area contributed by atoms with Crippen LogP contribution in [0, 0.1) is 5.92 Å². The van der Waals surface area contributed by atoms with Gasteiger partial charge in [-0.3, -0.25) is 4.68 Å². The van der Waals surface area contributed by atoms with Gasteiger partial charge < -0.3 is 5.73 Å². The largest absolute Gasteiger partial charge is 0.330 e. The van der Waals surface area contributed by atoms with Crippen LogP contribution in [0.2, 0.25) is 0 Å².